The van der Waals surface area contributed by atoms with Crippen molar-refractivity contribution < 1.29 is 28.8 Å². The van der Waals surface area contributed by atoms with Crippen molar-refractivity contribution in [2.75, 3.05) is 28.4 Å². The fourth-order valence-electron chi connectivity index (χ4n) is 8.19. The number of aliphatic hydroxyl groups is 1. The molecular weight excluding hydrogens is 460 g/mol. The van der Waals surface area contributed by atoms with Crippen LogP contribution in [-0.2, 0) is 23.7 Å². The zero-order valence-corrected chi connectivity index (χ0v) is 21.7. The minimum absolute atomic E-state index is 0.0466. The summed E-state index contributed by atoms with van der Waals surface area (Å²) in [5.41, 5.74) is 2.35. The molecule has 8 nitrogen and oxygen atoms in total. The van der Waals surface area contributed by atoms with Crippen molar-refractivity contribution in [3.63, 3.8) is 0 Å². The lowest BCUT2D eigenvalue weighted by molar-refractivity contribution is -0.195. The minimum atomic E-state index is -1.27. The van der Waals surface area contributed by atoms with E-state index < -0.39 is 29.1 Å². The van der Waals surface area contributed by atoms with E-state index in [9.17, 15) is 9.90 Å². The highest BCUT2D eigenvalue weighted by atomic mass is 35.5. The number of carbonyl (C=O) groups is 1. The maximum atomic E-state index is 14.2. The average Bonchev–Trinajstić information content (AvgIpc) is 3.33. The lowest BCUT2D eigenvalue weighted by atomic mass is 9.60. The molecule has 3 aliphatic carbocycles. The van der Waals surface area contributed by atoms with E-state index in [0.717, 1.165) is 32.1 Å². The molecule has 5 aliphatic rings. The maximum Gasteiger partial charge on any atom is 0.175 e. The molecule has 0 aromatic carbocycles. The molecule has 5 rings (SSSR count). The largest absolute Gasteiger partial charge is 0.389 e. The molecule has 3 saturated carbocycles. The molecule has 34 heavy (non-hydrogen) atoms. The normalized spacial score (nSPS) is 53.8. The van der Waals surface area contributed by atoms with E-state index >= 15 is 0 Å². The van der Waals surface area contributed by atoms with E-state index in [2.05, 4.69) is 17.5 Å². The van der Waals surface area contributed by atoms with Crippen LogP contribution in [0.4, 0.5) is 0 Å². The molecule has 5 fully saturated rings. The van der Waals surface area contributed by atoms with Gasteiger partial charge in [-0.3, -0.25) is 10.2 Å². The van der Waals surface area contributed by atoms with E-state index in [1.54, 1.807) is 21.3 Å². The number of halogens is 1. The number of carbonyl (C=O) groups excluding carboxylic acids is 1. The Balaban J connectivity index is 1.48. The van der Waals surface area contributed by atoms with E-state index in [1.165, 1.54) is 0 Å². The van der Waals surface area contributed by atoms with Gasteiger partial charge < -0.3 is 24.1 Å². The summed E-state index contributed by atoms with van der Waals surface area (Å²) in [6, 6.07) is 0.211. The number of Topliss-reactive ketones (excluding diaryl/α,β-unsaturated/α-hetero) is 1. The number of methoxy groups -OCH3 is 3. The number of ketones is 1. The molecule has 0 amide bonds. The first kappa shape index (κ1) is 25.3. The minimum Gasteiger partial charge on any atom is -0.389 e. The van der Waals surface area contributed by atoms with Gasteiger partial charge in [0.05, 0.1) is 41.8 Å². The summed E-state index contributed by atoms with van der Waals surface area (Å²) in [6.45, 7) is 2.03. The Labute approximate surface area is 207 Å². The van der Waals surface area contributed by atoms with Gasteiger partial charge in [-0.2, -0.15) is 0 Å². The molecular formula is C25H41ClN2O6. The van der Waals surface area contributed by atoms with Crippen LogP contribution in [0.5, 0.6) is 0 Å². The SMILES string of the molecule is COC1CCCC(C2C3C(C[C@@H](C)[C@]4(OC5C(Cl)C(OC)CC(OC)C5C4=O)[C@H]3O)NN2C)C1. The summed E-state index contributed by atoms with van der Waals surface area (Å²) < 4.78 is 23.7. The lowest BCUT2D eigenvalue weighted by Gasteiger charge is -2.49. The fraction of sp³-hybridized carbons (Fsp3) is 0.960. The van der Waals surface area contributed by atoms with Crippen molar-refractivity contribution in [3.05, 3.63) is 0 Å². The Morgan fingerprint density at radius 2 is 1.85 bits per heavy atom. The van der Waals surface area contributed by atoms with Crippen LogP contribution >= 0.6 is 11.6 Å². The number of nitrogens with one attached hydrogen (secondary N) is 1. The van der Waals surface area contributed by atoms with E-state index in [0.29, 0.717) is 12.3 Å². The van der Waals surface area contributed by atoms with Gasteiger partial charge in [-0.05, 0) is 37.5 Å². The van der Waals surface area contributed by atoms with Gasteiger partial charge in [0, 0.05) is 52.8 Å². The molecule has 2 aliphatic heterocycles. The Bertz CT molecular complexity index is 774. The van der Waals surface area contributed by atoms with Gasteiger partial charge >= 0.3 is 0 Å². The first-order chi connectivity index (χ1) is 16.3. The van der Waals surface area contributed by atoms with Gasteiger partial charge in [0.25, 0.3) is 0 Å². The quantitative estimate of drug-likeness (QED) is 0.564. The van der Waals surface area contributed by atoms with Crippen LogP contribution in [0.15, 0.2) is 0 Å². The molecule has 9 heteroatoms. The fourth-order valence-corrected chi connectivity index (χ4v) is 8.60. The second kappa shape index (κ2) is 9.53. The third-order valence-corrected chi connectivity index (χ3v) is 10.3. The summed E-state index contributed by atoms with van der Waals surface area (Å²) in [6.07, 6.45) is 3.74. The Morgan fingerprint density at radius 1 is 1.12 bits per heavy atom. The summed E-state index contributed by atoms with van der Waals surface area (Å²) in [5.74, 6) is -0.420. The number of fused-ring (bicyclic) bond motifs is 2. The second-order valence-corrected chi connectivity index (χ2v) is 11.8. The smallest absolute Gasteiger partial charge is 0.175 e. The predicted molar refractivity (Wildman–Crippen MR) is 126 cm³/mol. The average molecular weight is 501 g/mol. The van der Waals surface area contributed by atoms with E-state index in [-0.39, 0.29) is 48.0 Å². The number of ether oxygens (including phenoxy) is 4. The van der Waals surface area contributed by atoms with Crippen molar-refractivity contribution in [2.45, 2.75) is 99.0 Å². The molecule has 0 radical (unpaired) electrons. The Hall–Kier alpha value is -0.320. The van der Waals surface area contributed by atoms with Crippen LogP contribution in [0, 0.1) is 23.7 Å². The number of aliphatic hydroxyl groups excluding tert-OH is 1. The zero-order valence-electron chi connectivity index (χ0n) is 21.0. The third-order valence-electron chi connectivity index (χ3n) is 9.81. The predicted octanol–water partition coefficient (Wildman–Crippen LogP) is 1.76. The van der Waals surface area contributed by atoms with Crippen molar-refractivity contribution >= 4 is 17.4 Å². The van der Waals surface area contributed by atoms with Gasteiger partial charge in [0.2, 0.25) is 0 Å². The molecule has 2 N–H and O–H groups in total. The molecule has 2 saturated heterocycles. The van der Waals surface area contributed by atoms with Crippen LogP contribution in [0.3, 0.4) is 0 Å². The zero-order chi connectivity index (χ0) is 24.4. The van der Waals surface area contributed by atoms with Crippen LogP contribution in [-0.4, -0.2) is 97.9 Å². The number of hydrogen-bond donors (Lipinski definition) is 2. The summed E-state index contributed by atoms with van der Waals surface area (Å²) >= 11 is 6.81. The first-order valence-electron chi connectivity index (χ1n) is 12.9. The van der Waals surface area contributed by atoms with Crippen molar-refractivity contribution in [2.24, 2.45) is 23.7 Å². The Kier molecular flexibility index (Phi) is 7.10. The topological polar surface area (TPSA) is 89.5 Å². The van der Waals surface area contributed by atoms with Crippen molar-refractivity contribution in [1.82, 2.24) is 10.4 Å². The van der Waals surface area contributed by atoms with Gasteiger partial charge in [0.15, 0.2) is 11.4 Å². The molecule has 2 heterocycles. The summed E-state index contributed by atoms with van der Waals surface area (Å²) in [4.78, 5) is 14.2. The molecule has 1 spiro atoms. The monoisotopic (exact) mass is 500 g/mol. The van der Waals surface area contributed by atoms with Crippen LogP contribution in [0.25, 0.3) is 0 Å². The molecule has 0 aromatic rings. The highest BCUT2D eigenvalue weighted by Gasteiger charge is 2.71. The molecule has 13 atom stereocenters. The number of alkyl halides is 1. The standard InChI is InChI=1S/C25H41ClN2O6/c1-12-9-15-18(21(28(2)27-15)13-7-6-8-14(10-13)31-3)23(29)25(12)24(30)19-16(32-4)11-17(33-5)20(26)22(19)34-25/h12-23,27,29H,6-11H2,1-5H3/t12-,13?,14?,15?,16?,17?,18?,19?,20?,21?,22?,23+,25+/m1/s1. The highest BCUT2D eigenvalue weighted by Crippen LogP contribution is 2.55. The van der Waals surface area contributed by atoms with Crippen molar-refractivity contribution in [3.8, 4) is 0 Å². The maximum absolute atomic E-state index is 14.2. The third kappa shape index (κ3) is 3.63. The molecule has 0 aromatic heterocycles. The van der Waals surface area contributed by atoms with E-state index in [4.69, 9.17) is 30.5 Å². The van der Waals surface area contributed by atoms with Gasteiger partial charge in [0.1, 0.15) is 0 Å². The second-order valence-electron chi connectivity index (χ2n) is 11.3. The van der Waals surface area contributed by atoms with Crippen LogP contribution in [0.1, 0.15) is 45.4 Å². The summed E-state index contributed by atoms with van der Waals surface area (Å²) in [7, 11) is 7.11. The molecule has 0 bridgehead atoms. The van der Waals surface area contributed by atoms with Crippen molar-refractivity contribution in [1.29, 1.82) is 0 Å². The van der Waals surface area contributed by atoms with E-state index in [1.807, 2.05) is 6.92 Å². The number of hydrazine groups is 1. The number of hydrogen-bond acceptors (Lipinski definition) is 8. The summed E-state index contributed by atoms with van der Waals surface area (Å²) in [5, 5.41) is 13.8. The van der Waals surface area contributed by atoms with Crippen LogP contribution in [0.2, 0.25) is 0 Å². The number of nitrogens with zero attached hydrogens (tertiary/aromatic N) is 1. The lowest BCUT2D eigenvalue weighted by Crippen LogP contribution is -2.65. The Morgan fingerprint density at radius 3 is 2.53 bits per heavy atom. The highest BCUT2D eigenvalue weighted by molar-refractivity contribution is 6.22. The first-order valence-corrected chi connectivity index (χ1v) is 13.3. The molecule has 194 valence electrons. The van der Waals surface area contributed by atoms with Gasteiger partial charge in [-0.15, -0.1) is 11.6 Å². The molecule has 10 unspecified atom stereocenters. The number of rotatable bonds is 4. The van der Waals surface area contributed by atoms with Crippen LogP contribution < -0.4 is 5.43 Å². The van der Waals surface area contributed by atoms with Gasteiger partial charge in [-0.25, -0.2) is 5.01 Å². The van der Waals surface area contributed by atoms with Gasteiger partial charge in [-0.1, -0.05) is 13.3 Å².